The van der Waals surface area contributed by atoms with Crippen molar-refractivity contribution in [2.45, 2.75) is 19.6 Å². The Labute approximate surface area is 165 Å². The first kappa shape index (κ1) is 19.5. The molecule has 1 N–H and O–H groups in total. The molecule has 0 fully saturated rings. The minimum atomic E-state index is -0.693. The molecule has 0 aromatic heterocycles. The van der Waals surface area contributed by atoms with Gasteiger partial charge in [0.2, 0.25) is 0 Å². The third kappa shape index (κ3) is 4.51. The van der Waals surface area contributed by atoms with E-state index in [1.54, 1.807) is 12.1 Å². The summed E-state index contributed by atoms with van der Waals surface area (Å²) in [4.78, 5) is 25.1. The summed E-state index contributed by atoms with van der Waals surface area (Å²) in [5.74, 6) is -0.922. The summed E-state index contributed by atoms with van der Waals surface area (Å²) in [5, 5.41) is 2.97. The summed E-state index contributed by atoms with van der Waals surface area (Å²) in [6.45, 7) is 2.39. The predicted molar refractivity (Wildman–Crippen MR) is 104 cm³/mol. The van der Waals surface area contributed by atoms with Gasteiger partial charge in [0.1, 0.15) is 11.9 Å². The van der Waals surface area contributed by atoms with Crippen LogP contribution in [-0.4, -0.2) is 23.6 Å². The fourth-order valence-electron chi connectivity index (χ4n) is 2.94. The standard InChI is InChI=1S/C21H19BrFNO3/c1-13-2-4-14(5-3-13)11-24-21(26)19-17(18(25)10-22)12-27-20(19)15-6-8-16(23)9-7-15/h2-9,20H,10-12H2,1H3,(H,24,26). The lowest BCUT2D eigenvalue weighted by Gasteiger charge is -2.15. The van der Waals surface area contributed by atoms with E-state index in [4.69, 9.17) is 4.74 Å². The van der Waals surface area contributed by atoms with Gasteiger partial charge in [0, 0.05) is 12.1 Å². The molecule has 2 aromatic rings. The molecule has 0 spiro atoms. The molecule has 140 valence electrons. The molecule has 1 amide bonds. The van der Waals surface area contributed by atoms with Gasteiger partial charge in [-0.3, -0.25) is 9.59 Å². The number of carbonyl (C=O) groups is 2. The Hall–Kier alpha value is -2.31. The third-order valence-electron chi connectivity index (χ3n) is 4.43. The Bertz CT molecular complexity index is 875. The molecule has 1 aliphatic rings. The summed E-state index contributed by atoms with van der Waals surface area (Å²) in [6, 6.07) is 13.6. The number of halogens is 2. The Morgan fingerprint density at radius 2 is 1.81 bits per heavy atom. The van der Waals surface area contributed by atoms with E-state index >= 15 is 0 Å². The fraction of sp³-hybridized carbons (Fsp3) is 0.238. The van der Waals surface area contributed by atoms with Crippen LogP contribution >= 0.6 is 15.9 Å². The van der Waals surface area contributed by atoms with Crippen molar-refractivity contribution < 1.29 is 18.7 Å². The number of ketones is 1. The van der Waals surface area contributed by atoms with E-state index in [-0.39, 0.29) is 35.0 Å². The Kier molecular flexibility index (Phi) is 6.19. The van der Waals surface area contributed by atoms with Crippen LogP contribution in [0.5, 0.6) is 0 Å². The number of amides is 1. The maximum atomic E-state index is 13.2. The van der Waals surface area contributed by atoms with Crippen LogP contribution in [0.1, 0.15) is 22.8 Å². The smallest absolute Gasteiger partial charge is 0.250 e. The van der Waals surface area contributed by atoms with Crippen LogP contribution in [0.3, 0.4) is 0 Å². The van der Waals surface area contributed by atoms with E-state index in [9.17, 15) is 14.0 Å². The van der Waals surface area contributed by atoms with Gasteiger partial charge in [0.25, 0.3) is 5.91 Å². The van der Waals surface area contributed by atoms with E-state index in [1.807, 2.05) is 31.2 Å². The number of ether oxygens (including phenoxy) is 1. The van der Waals surface area contributed by atoms with Crippen LogP contribution in [0.2, 0.25) is 0 Å². The zero-order chi connectivity index (χ0) is 19.4. The third-order valence-corrected chi connectivity index (χ3v) is 4.94. The highest BCUT2D eigenvalue weighted by Gasteiger charge is 2.35. The quantitative estimate of drug-likeness (QED) is 0.707. The summed E-state index contributed by atoms with van der Waals surface area (Å²) in [5.41, 5.74) is 3.37. The monoisotopic (exact) mass is 431 g/mol. The van der Waals surface area contributed by atoms with Crippen molar-refractivity contribution in [2.24, 2.45) is 0 Å². The van der Waals surface area contributed by atoms with Crippen molar-refractivity contribution in [1.82, 2.24) is 5.32 Å². The molecule has 0 radical (unpaired) electrons. The van der Waals surface area contributed by atoms with Crippen molar-refractivity contribution in [2.75, 3.05) is 11.9 Å². The number of Topliss-reactive ketones (excluding diaryl/α,β-unsaturated/α-hetero) is 1. The van der Waals surface area contributed by atoms with Crippen LogP contribution in [0.25, 0.3) is 0 Å². The molecule has 2 aromatic carbocycles. The molecule has 3 rings (SSSR count). The first-order valence-electron chi connectivity index (χ1n) is 8.52. The molecular formula is C21H19BrFNO3. The van der Waals surface area contributed by atoms with Gasteiger partial charge in [-0.15, -0.1) is 0 Å². The van der Waals surface area contributed by atoms with E-state index in [0.717, 1.165) is 11.1 Å². The highest BCUT2D eigenvalue weighted by atomic mass is 79.9. The average Bonchev–Trinajstić information content (AvgIpc) is 3.12. The second-order valence-electron chi connectivity index (χ2n) is 6.36. The zero-order valence-electron chi connectivity index (χ0n) is 14.8. The number of rotatable bonds is 6. The Morgan fingerprint density at radius 3 is 2.44 bits per heavy atom. The molecule has 0 bridgehead atoms. The van der Waals surface area contributed by atoms with E-state index < -0.39 is 6.10 Å². The topological polar surface area (TPSA) is 55.4 Å². The summed E-state index contributed by atoms with van der Waals surface area (Å²) >= 11 is 3.15. The lowest BCUT2D eigenvalue weighted by Crippen LogP contribution is -2.28. The summed E-state index contributed by atoms with van der Waals surface area (Å²) in [6.07, 6.45) is -0.693. The van der Waals surface area contributed by atoms with E-state index in [2.05, 4.69) is 21.2 Å². The molecule has 1 atom stereocenters. The van der Waals surface area contributed by atoms with Crippen molar-refractivity contribution in [1.29, 1.82) is 0 Å². The molecule has 1 aliphatic heterocycles. The molecule has 27 heavy (non-hydrogen) atoms. The summed E-state index contributed by atoms with van der Waals surface area (Å²) < 4.78 is 19.0. The molecule has 4 nitrogen and oxygen atoms in total. The SMILES string of the molecule is Cc1ccc(CNC(=O)C2=C(C(=O)CBr)COC2c2ccc(F)cc2)cc1. The molecule has 6 heteroatoms. The molecule has 1 heterocycles. The van der Waals surface area contributed by atoms with Gasteiger partial charge in [0.15, 0.2) is 5.78 Å². The van der Waals surface area contributed by atoms with E-state index in [0.29, 0.717) is 17.7 Å². The Morgan fingerprint density at radius 1 is 1.15 bits per heavy atom. The largest absolute Gasteiger partial charge is 0.364 e. The molecule has 0 saturated carbocycles. The first-order chi connectivity index (χ1) is 13.0. The highest BCUT2D eigenvalue weighted by molar-refractivity contribution is 9.09. The second-order valence-corrected chi connectivity index (χ2v) is 6.92. The second kappa shape index (κ2) is 8.59. The van der Waals surface area contributed by atoms with Gasteiger partial charge in [0.05, 0.1) is 17.5 Å². The van der Waals surface area contributed by atoms with E-state index in [1.165, 1.54) is 12.1 Å². The van der Waals surface area contributed by atoms with Gasteiger partial charge in [-0.2, -0.15) is 0 Å². The highest BCUT2D eigenvalue weighted by Crippen LogP contribution is 2.35. The van der Waals surface area contributed by atoms with Gasteiger partial charge in [-0.05, 0) is 30.2 Å². The number of nitrogens with one attached hydrogen (secondary N) is 1. The van der Waals surface area contributed by atoms with Gasteiger partial charge in [-0.1, -0.05) is 57.9 Å². The molecule has 1 unspecified atom stereocenters. The predicted octanol–water partition coefficient (Wildman–Crippen LogP) is 3.78. The minimum absolute atomic E-state index is 0.0553. The molecule has 0 saturated heterocycles. The van der Waals surface area contributed by atoms with Crippen LogP contribution < -0.4 is 5.32 Å². The molecular weight excluding hydrogens is 413 g/mol. The number of hydrogen-bond donors (Lipinski definition) is 1. The number of carbonyl (C=O) groups excluding carboxylic acids is 2. The number of aryl methyl sites for hydroxylation is 1. The zero-order valence-corrected chi connectivity index (χ0v) is 16.4. The average molecular weight is 432 g/mol. The minimum Gasteiger partial charge on any atom is -0.364 e. The number of hydrogen-bond acceptors (Lipinski definition) is 3. The first-order valence-corrected chi connectivity index (χ1v) is 9.64. The van der Waals surface area contributed by atoms with Gasteiger partial charge < -0.3 is 10.1 Å². The Balaban J connectivity index is 1.85. The number of benzene rings is 2. The van der Waals surface area contributed by atoms with Crippen molar-refractivity contribution in [3.05, 3.63) is 82.2 Å². The maximum Gasteiger partial charge on any atom is 0.250 e. The fourth-order valence-corrected chi connectivity index (χ4v) is 3.28. The number of alkyl halides is 1. The van der Waals surface area contributed by atoms with Crippen LogP contribution in [0.4, 0.5) is 4.39 Å². The van der Waals surface area contributed by atoms with Crippen molar-refractivity contribution in [3.8, 4) is 0 Å². The van der Waals surface area contributed by atoms with Crippen LogP contribution in [0, 0.1) is 12.7 Å². The van der Waals surface area contributed by atoms with Gasteiger partial charge in [-0.25, -0.2) is 4.39 Å². The van der Waals surface area contributed by atoms with Crippen LogP contribution in [0.15, 0.2) is 59.7 Å². The normalized spacial score (nSPS) is 16.5. The lowest BCUT2D eigenvalue weighted by molar-refractivity contribution is -0.119. The summed E-state index contributed by atoms with van der Waals surface area (Å²) in [7, 11) is 0. The molecule has 0 aliphatic carbocycles. The van der Waals surface area contributed by atoms with Crippen molar-refractivity contribution in [3.63, 3.8) is 0 Å². The van der Waals surface area contributed by atoms with Gasteiger partial charge >= 0.3 is 0 Å². The lowest BCUT2D eigenvalue weighted by atomic mass is 9.97. The maximum absolute atomic E-state index is 13.2. The van der Waals surface area contributed by atoms with Crippen molar-refractivity contribution >= 4 is 27.6 Å². The van der Waals surface area contributed by atoms with Crippen LogP contribution in [-0.2, 0) is 20.9 Å².